The van der Waals surface area contributed by atoms with Crippen LogP contribution in [0.4, 0.5) is 0 Å². The first kappa shape index (κ1) is 42.0. The number of carbonyl (C=O) groups is 2. The molecule has 2 aliphatic rings. The number of benzene rings is 1. The largest absolute Gasteiger partial charge is 0.495 e. The van der Waals surface area contributed by atoms with Crippen LogP contribution in [-0.4, -0.2) is 61.1 Å². The number of carbonyl (C=O) groups excluding carboxylic acids is 2. The number of oxime groups is 1. The van der Waals surface area contributed by atoms with Crippen molar-refractivity contribution in [3.63, 3.8) is 0 Å². The molecule has 1 aromatic rings. The molecule has 3 rings (SSSR count). The van der Waals surface area contributed by atoms with Crippen molar-refractivity contribution in [1.29, 1.82) is 0 Å². The molecule has 0 aromatic heterocycles. The lowest BCUT2D eigenvalue weighted by Gasteiger charge is -2.33. The van der Waals surface area contributed by atoms with E-state index in [1.165, 1.54) is 58.5 Å². The highest BCUT2D eigenvalue weighted by Crippen LogP contribution is 2.44. The van der Waals surface area contributed by atoms with Gasteiger partial charge in [0.2, 0.25) is 5.91 Å². The Morgan fingerprint density at radius 2 is 1.59 bits per heavy atom. The van der Waals surface area contributed by atoms with Crippen LogP contribution in [0.1, 0.15) is 103 Å². The molecule has 1 spiro atoms. The van der Waals surface area contributed by atoms with Crippen LogP contribution in [0.25, 0.3) is 0 Å². The van der Waals surface area contributed by atoms with E-state index in [-0.39, 0.29) is 23.9 Å². The van der Waals surface area contributed by atoms with E-state index in [2.05, 4.69) is 93.4 Å². The summed E-state index contributed by atoms with van der Waals surface area (Å²) in [7, 11) is 1.50. The zero-order valence-electron chi connectivity index (χ0n) is 28.9. The first-order valence-corrected chi connectivity index (χ1v) is 20.6. The number of amides is 2. The van der Waals surface area contributed by atoms with Gasteiger partial charge < -0.3 is 30.1 Å². The van der Waals surface area contributed by atoms with Gasteiger partial charge in [0.05, 0.1) is 31.6 Å². The number of aliphatic hydroxyl groups excluding tert-OH is 1. The van der Waals surface area contributed by atoms with Gasteiger partial charge in [0.15, 0.2) is 5.60 Å². The van der Waals surface area contributed by atoms with Crippen LogP contribution in [0.15, 0.2) is 47.0 Å². The van der Waals surface area contributed by atoms with Gasteiger partial charge in [-0.1, -0.05) is 76.8 Å². The molecule has 1 aliphatic carbocycles. The van der Waals surface area contributed by atoms with Crippen LogP contribution in [0.2, 0.25) is 0 Å². The smallest absolute Gasteiger partial charge is 0.269 e. The fraction of sp³-hybridized carbons (Fsp3) is 0.639. The van der Waals surface area contributed by atoms with Gasteiger partial charge in [0, 0.05) is 25.9 Å². The molecule has 0 bridgehead atoms. The molecule has 1 aliphatic heterocycles. The fourth-order valence-electron chi connectivity index (χ4n) is 5.77. The summed E-state index contributed by atoms with van der Waals surface area (Å²) in [5, 5.41) is 20.7. The molecule has 0 saturated heterocycles. The molecule has 1 heterocycles. The van der Waals surface area contributed by atoms with Gasteiger partial charge >= 0.3 is 0 Å². The Kier molecular flexibility index (Phi) is 18.7. The minimum absolute atomic E-state index is 0.104. The topological polar surface area (TPSA) is 118 Å². The third kappa shape index (κ3) is 13.6. The zero-order valence-corrected chi connectivity index (χ0v) is 35.2. The average molecular weight is 941 g/mol. The van der Waals surface area contributed by atoms with Crippen LogP contribution in [0.5, 0.6) is 5.75 Å². The summed E-state index contributed by atoms with van der Waals surface area (Å²) in [4.78, 5) is 30.6. The first-order valence-electron chi connectivity index (χ1n) is 17.4. The maximum Gasteiger partial charge on any atom is 0.269 e. The van der Waals surface area contributed by atoms with Crippen molar-refractivity contribution in [2.24, 2.45) is 11.1 Å². The van der Waals surface area contributed by atoms with Crippen LogP contribution < -0.4 is 15.4 Å². The molecule has 2 amide bonds. The lowest BCUT2D eigenvalue weighted by molar-refractivity contribution is -0.121. The fourth-order valence-corrected chi connectivity index (χ4v) is 9.08. The Bertz CT molecular complexity index is 1330. The monoisotopic (exact) mass is 937 g/mol. The van der Waals surface area contributed by atoms with Gasteiger partial charge in [-0.3, -0.25) is 9.59 Å². The predicted molar refractivity (Wildman–Crippen MR) is 209 cm³/mol. The minimum atomic E-state index is -1.20. The molecule has 2 atom stereocenters. The van der Waals surface area contributed by atoms with Crippen molar-refractivity contribution in [2.75, 3.05) is 26.8 Å². The molecule has 1 aromatic carbocycles. The normalized spacial score (nSPS) is 18.8. The van der Waals surface area contributed by atoms with Crippen LogP contribution in [-0.2, 0) is 25.6 Å². The van der Waals surface area contributed by atoms with Crippen molar-refractivity contribution in [1.82, 2.24) is 10.6 Å². The van der Waals surface area contributed by atoms with E-state index in [0.717, 1.165) is 33.3 Å². The number of allylic oxidation sites excluding steroid dienone is 1. The minimum Gasteiger partial charge on any atom is -0.495 e. The Morgan fingerprint density at radius 3 is 2.22 bits per heavy atom. The number of nitrogens with one attached hydrogen (secondary N) is 2. The number of nitrogens with zero attached hydrogens (tertiary/aromatic N) is 1. The number of hydrogen-bond donors (Lipinski definition) is 3. The van der Waals surface area contributed by atoms with Crippen molar-refractivity contribution in [2.45, 2.75) is 115 Å². The molecule has 49 heavy (non-hydrogen) atoms. The van der Waals surface area contributed by atoms with E-state index in [1.807, 2.05) is 12.1 Å². The van der Waals surface area contributed by atoms with Crippen molar-refractivity contribution in [3.05, 3.63) is 47.4 Å². The highest BCUT2D eigenvalue weighted by molar-refractivity contribution is 9.12. The van der Waals surface area contributed by atoms with E-state index >= 15 is 0 Å². The summed E-state index contributed by atoms with van der Waals surface area (Å²) in [6.45, 7) is 6.01. The number of methoxy groups -OCH3 is 1. The Morgan fingerprint density at radius 1 is 0.959 bits per heavy atom. The van der Waals surface area contributed by atoms with Gasteiger partial charge in [-0.15, -0.1) is 0 Å². The molecule has 274 valence electrons. The molecule has 3 N–H and O–H groups in total. The lowest BCUT2D eigenvalue weighted by atomic mass is 9.87. The van der Waals surface area contributed by atoms with Gasteiger partial charge in [0.25, 0.3) is 5.91 Å². The van der Waals surface area contributed by atoms with Gasteiger partial charge in [-0.2, -0.15) is 0 Å². The summed E-state index contributed by atoms with van der Waals surface area (Å²) in [6.07, 6.45) is 15.2. The van der Waals surface area contributed by atoms with Gasteiger partial charge in [-0.25, -0.2) is 0 Å². The molecule has 0 fully saturated rings. The predicted octanol–water partition coefficient (Wildman–Crippen LogP) is 9.12. The summed E-state index contributed by atoms with van der Waals surface area (Å²) in [5.41, 5.74) is -0.00906. The first-order chi connectivity index (χ1) is 23.5. The van der Waals surface area contributed by atoms with Crippen molar-refractivity contribution < 1.29 is 29.0 Å². The number of rotatable bonds is 22. The van der Waals surface area contributed by atoms with Crippen LogP contribution in [0.3, 0.4) is 0 Å². The molecule has 2 unspecified atom stereocenters. The van der Waals surface area contributed by atoms with Gasteiger partial charge in [0.1, 0.15) is 23.3 Å². The molecular weight excluding hydrogens is 890 g/mol. The van der Waals surface area contributed by atoms with E-state index in [1.54, 1.807) is 6.08 Å². The number of halogens is 4. The molecular formula is C36H51Br4N3O6. The quantitative estimate of drug-likeness (QED) is 0.1000. The highest BCUT2D eigenvalue weighted by Gasteiger charge is 2.50. The average Bonchev–Trinajstić information content (AvgIpc) is 3.48. The molecule has 0 radical (unpaired) electrons. The van der Waals surface area contributed by atoms with E-state index < -0.39 is 11.7 Å². The van der Waals surface area contributed by atoms with Crippen molar-refractivity contribution in [3.8, 4) is 5.75 Å². The second-order valence-corrected chi connectivity index (χ2v) is 16.5. The second-order valence-electron chi connectivity index (χ2n) is 13.1. The Hall–Kier alpha value is -1.41. The molecule has 13 heteroatoms. The van der Waals surface area contributed by atoms with Crippen LogP contribution >= 0.6 is 63.7 Å². The SMILES string of the molecule is COC1=C(Br)C(O)C2(C=C1Br)CC(C(=O)NCCc1cc(Br)c(OCCCNC(=O)CCCCCCCCCCCC(C)C)c(Br)c1)=NO2. The number of unbranched alkanes of at least 4 members (excludes halogenated alkanes) is 8. The lowest BCUT2D eigenvalue weighted by Crippen LogP contribution is -2.45. The highest BCUT2D eigenvalue weighted by atomic mass is 79.9. The Balaban J connectivity index is 1.27. The Labute approximate surface area is 325 Å². The molecule has 9 nitrogen and oxygen atoms in total. The number of ether oxygens (including phenoxy) is 2. The van der Waals surface area contributed by atoms with E-state index in [9.17, 15) is 14.7 Å². The summed E-state index contributed by atoms with van der Waals surface area (Å²) in [5.74, 6) is 1.72. The van der Waals surface area contributed by atoms with Crippen molar-refractivity contribution >= 4 is 81.2 Å². The summed E-state index contributed by atoms with van der Waals surface area (Å²) >= 11 is 14.0. The number of aliphatic hydroxyl groups is 1. The second kappa shape index (κ2) is 21.8. The van der Waals surface area contributed by atoms with E-state index in [4.69, 9.17) is 14.3 Å². The molecule has 0 saturated carbocycles. The maximum atomic E-state index is 12.9. The zero-order chi connectivity index (χ0) is 35.8. The number of hydrogen-bond acceptors (Lipinski definition) is 7. The standard InChI is InChI=1S/C36H51Br4N3O6/c1-24(2)14-11-9-7-5-4-6-8-10-12-15-30(44)41-17-13-19-48-32-26(37)20-25(21-27(32)38)16-18-42-35(46)29-23-36(49-43-29)22-28(39)33(47-3)31(40)34(36)45/h20-22,24,34,45H,4-19,23H2,1-3H3,(H,41,44)(H,42,46). The third-order valence-electron chi connectivity index (χ3n) is 8.58. The summed E-state index contributed by atoms with van der Waals surface area (Å²) in [6, 6.07) is 3.93. The van der Waals surface area contributed by atoms with Gasteiger partial charge in [-0.05, 0) is 113 Å². The van der Waals surface area contributed by atoms with Crippen LogP contribution in [0, 0.1) is 5.92 Å². The summed E-state index contributed by atoms with van der Waals surface area (Å²) < 4.78 is 13.9. The third-order valence-corrected chi connectivity index (χ3v) is 11.1. The maximum absolute atomic E-state index is 12.9. The van der Waals surface area contributed by atoms with E-state index in [0.29, 0.717) is 59.4 Å².